The molecule has 0 fully saturated rings. The molecule has 4 aromatic carbocycles. The van der Waals surface area contributed by atoms with E-state index in [0.29, 0.717) is 34.2 Å². The number of para-hydroxylation sites is 4. The average molecular weight is 471 g/mol. The van der Waals surface area contributed by atoms with Crippen LogP contribution in [0.2, 0.25) is 0 Å². The summed E-state index contributed by atoms with van der Waals surface area (Å²) in [5.41, 5.74) is 4.33. The summed E-state index contributed by atoms with van der Waals surface area (Å²) in [5, 5.41) is 21.0. The highest BCUT2D eigenvalue weighted by Crippen LogP contribution is 2.35. The van der Waals surface area contributed by atoms with Crippen molar-refractivity contribution in [2.45, 2.75) is 0 Å². The monoisotopic (exact) mass is 470 g/mol. The number of rotatable bonds is 5. The zero-order chi connectivity index (χ0) is 24.5. The number of hydrogen-bond donors (Lipinski definition) is 2. The van der Waals surface area contributed by atoms with Gasteiger partial charge in [0.2, 0.25) is 0 Å². The Kier molecular flexibility index (Phi) is 5.31. The highest BCUT2D eigenvalue weighted by molar-refractivity contribution is 5.73. The normalized spacial score (nSPS) is 11.0. The van der Waals surface area contributed by atoms with E-state index in [1.54, 1.807) is 24.3 Å². The molecule has 0 aliphatic heterocycles. The van der Waals surface area contributed by atoms with Crippen molar-refractivity contribution in [1.82, 2.24) is 19.1 Å². The summed E-state index contributed by atoms with van der Waals surface area (Å²) in [6, 6.07) is 34.1. The molecule has 0 saturated heterocycles. The van der Waals surface area contributed by atoms with Crippen LogP contribution in [0.4, 0.5) is 0 Å². The maximum absolute atomic E-state index is 10.5. The highest BCUT2D eigenvalue weighted by atomic mass is 16.3. The van der Waals surface area contributed by atoms with Crippen molar-refractivity contribution in [3.63, 3.8) is 0 Å². The second-order valence-electron chi connectivity index (χ2n) is 8.34. The van der Waals surface area contributed by atoms with Gasteiger partial charge in [-0.2, -0.15) is 0 Å². The lowest BCUT2D eigenvalue weighted by molar-refractivity contribution is 0.476. The molecule has 0 radical (unpaired) electrons. The molecule has 174 valence electrons. The minimum atomic E-state index is 0.156. The lowest BCUT2D eigenvalue weighted by atomic mass is 10.1. The van der Waals surface area contributed by atoms with Gasteiger partial charge in [0.25, 0.3) is 0 Å². The molecule has 2 N–H and O–H groups in total. The Morgan fingerprint density at radius 1 is 0.444 bits per heavy atom. The molecule has 0 amide bonds. The van der Waals surface area contributed by atoms with Crippen LogP contribution in [-0.4, -0.2) is 29.3 Å². The molecule has 6 aromatic rings. The Labute approximate surface area is 208 Å². The second kappa shape index (κ2) is 8.92. The molecule has 6 nitrogen and oxygen atoms in total. The van der Waals surface area contributed by atoms with Gasteiger partial charge in [0, 0.05) is 34.9 Å². The van der Waals surface area contributed by atoms with Gasteiger partial charge in [-0.25, -0.2) is 9.97 Å². The van der Waals surface area contributed by atoms with Gasteiger partial charge >= 0.3 is 0 Å². The Hall–Kier alpha value is -5.10. The van der Waals surface area contributed by atoms with Crippen molar-refractivity contribution in [2.75, 3.05) is 0 Å². The SMILES string of the molecule is Oc1ccccc1-c1cn(-c2ccccc2)c(-c2nc(-c3ccccc3O)cn2-c2ccccc2)n1. The molecular formula is C30H22N4O2. The fourth-order valence-electron chi connectivity index (χ4n) is 4.29. The van der Waals surface area contributed by atoms with Crippen LogP contribution >= 0.6 is 0 Å². The molecule has 0 aliphatic carbocycles. The van der Waals surface area contributed by atoms with E-state index in [1.807, 2.05) is 106 Å². The number of benzene rings is 4. The van der Waals surface area contributed by atoms with Crippen LogP contribution in [0.1, 0.15) is 0 Å². The van der Waals surface area contributed by atoms with E-state index in [0.717, 1.165) is 11.4 Å². The molecule has 0 atom stereocenters. The van der Waals surface area contributed by atoms with Gasteiger partial charge in [0.15, 0.2) is 11.6 Å². The molecule has 0 bridgehead atoms. The first-order valence-corrected chi connectivity index (χ1v) is 11.6. The van der Waals surface area contributed by atoms with Gasteiger partial charge in [0.1, 0.15) is 11.5 Å². The van der Waals surface area contributed by atoms with E-state index < -0.39 is 0 Å². The number of nitrogens with zero attached hydrogens (tertiary/aromatic N) is 4. The quantitative estimate of drug-likeness (QED) is 0.303. The number of imidazole rings is 2. The molecule has 0 spiro atoms. The van der Waals surface area contributed by atoms with Crippen LogP contribution in [-0.2, 0) is 0 Å². The van der Waals surface area contributed by atoms with Gasteiger partial charge in [-0.15, -0.1) is 0 Å². The Balaban J connectivity index is 1.63. The van der Waals surface area contributed by atoms with Crippen LogP contribution in [0.3, 0.4) is 0 Å². The predicted molar refractivity (Wildman–Crippen MR) is 140 cm³/mol. The topological polar surface area (TPSA) is 76.1 Å². The molecule has 0 saturated carbocycles. The van der Waals surface area contributed by atoms with E-state index in [1.165, 1.54) is 0 Å². The van der Waals surface area contributed by atoms with Crippen molar-refractivity contribution >= 4 is 0 Å². The summed E-state index contributed by atoms with van der Waals surface area (Å²) >= 11 is 0. The molecular weight excluding hydrogens is 448 g/mol. The standard InChI is InChI=1S/C30H22N4O2/c35-27-17-9-7-15-23(27)25-19-33(21-11-3-1-4-12-21)29(31-25)30-32-26(24-16-8-10-18-28(24)36)20-34(30)22-13-5-2-6-14-22/h1-20,35-36H. The van der Waals surface area contributed by atoms with Gasteiger partial charge < -0.3 is 10.2 Å². The minimum absolute atomic E-state index is 0.156. The fourth-order valence-corrected chi connectivity index (χ4v) is 4.29. The van der Waals surface area contributed by atoms with Crippen molar-refractivity contribution in [3.8, 4) is 57.0 Å². The molecule has 6 heteroatoms. The molecule has 0 unspecified atom stereocenters. The zero-order valence-corrected chi connectivity index (χ0v) is 19.2. The van der Waals surface area contributed by atoms with Crippen LogP contribution in [0.25, 0.3) is 45.5 Å². The maximum Gasteiger partial charge on any atom is 0.182 e. The van der Waals surface area contributed by atoms with Crippen LogP contribution in [0, 0.1) is 0 Å². The Morgan fingerprint density at radius 3 is 1.19 bits per heavy atom. The fraction of sp³-hybridized carbons (Fsp3) is 0. The predicted octanol–water partition coefficient (Wildman–Crippen LogP) is 6.47. The number of phenolic OH excluding ortho intramolecular Hbond substituents is 2. The molecule has 2 aromatic heterocycles. The van der Waals surface area contributed by atoms with Crippen molar-refractivity contribution in [3.05, 3.63) is 122 Å². The molecule has 36 heavy (non-hydrogen) atoms. The van der Waals surface area contributed by atoms with Gasteiger partial charge in [-0.3, -0.25) is 9.13 Å². The smallest absolute Gasteiger partial charge is 0.182 e. The van der Waals surface area contributed by atoms with Crippen LogP contribution < -0.4 is 0 Å². The van der Waals surface area contributed by atoms with Crippen molar-refractivity contribution in [2.24, 2.45) is 0 Å². The van der Waals surface area contributed by atoms with E-state index in [9.17, 15) is 10.2 Å². The van der Waals surface area contributed by atoms with Crippen LogP contribution in [0.5, 0.6) is 11.5 Å². The minimum Gasteiger partial charge on any atom is -0.507 e. The van der Waals surface area contributed by atoms with Crippen molar-refractivity contribution < 1.29 is 10.2 Å². The summed E-state index contributed by atoms with van der Waals surface area (Å²) < 4.78 is 3.94. The largest absolute Gasteiger partial charge is 0.507 e. The van der Waals surface area contributed by atoms with E-state index >= 15 is 0 Å². The first-order valence-electron chi connectivity index (χ1n) is 11.6. The summed E-state index contributed by atoms with van der Waals surface area (Å²) in [4.78, 5) is 9.92. The Morgan fingerprint density at radius 2 is 0.806 bits per heavy atom. The lowest BCUT2D eigenvalue weighted by Gasteiger charge is -2.10. The summed E-state index contributed by atoms with van der Waals surface area (Å²) in [6.45, 7) is 0. The number of phenols is 2. The number of hydrogen-bond acceptors (Lipinski definition) is 4. The van der Waals surface area contributed by atoms with E-state index in [-0.39, 0.29) is 11.5 Å². The molecule has 2 heterocycles. The third-order valence-corrected chi connectivity index (χ3v) is 6.04. The van der Waals surface area contributed by atoms with Crippen molar-refractivity contribution in [1.29, 1.82) is 0 Å². The van der Waals surface area contributed by atoms with Crippen LogP contribution in [0.15, 0.2) is 122 Å². The van der Waals surface area contributed by atoms with Gasteiger partial charge in [0.05, 0.1) is 11.4 Å². The summed E-state index contributed by atoms with van der Waals surface area (Å²) in [5.74, 6) is 1.51. The second-order valence-corrected chi connectivity index (χ2v) is 8.34. The number of aromatic nitrogens is 4. The molecule has 6 rings (SSSR count). The van der Waals surface area contributed by atoms with Gasteiger partial charge in [-0.1, -0.05) is 60.7 Å². The zero-order valence-electron chi connectivity index (χ0n) is 19.2. The molecule has 0 aliphatic rings. The maximum atomic E-state index is 10.5. The average Bonchev–Trinajstić information content (AvgIpc) is 3.55. The summed E-state index contributed by atoms with van der Waals surface area (Å²) in [7, 11) is 0. The van der Waals surface area contributed by atoms with Gasteiger partial charge in [-0.05, 0) is 48.5 Å². The third kappa shape index (κ3) is 3.80. The lowest BCUT2D eigenvalue weighted by Crippen LogP contribution is -2.02. The van der Waals surface area contributed by atoms with E-state index in [4.69, 9.17) is 9.97 Å². The van der Waals surface area contributed by atoms with E-state index in [2.05, 4.69) is 0 Å². The first-order chi connectivity index (χ1) is 17.7. The Bertz CT molecular complexity index is 1530. The first kappa shape index (κ1) is 21.4. The summed E-state index contributed by atoms with van der Waals surface area (Å²) in [6.07, 6.45) is 3.81. The third-order valence-electron chi connectivity index (χ3n) is 6.04. The highest BCUT2D eigenvalue weighted by Gasteiger charge is 2.22. The number of aromatic hydroxyl groups is 2.